The second-order valence-corrected chi connectivity index (χ2v) is 4.75. The molecule has 1 heterocycles. The molecule has 6 heteroatoms. The van der Waals surface area contributed by atoms with E-state index in [0.717, 1.165) is 6.42 Å². The number of hydrogen-bond acceptors (Lipinski definition) is 3. The Morgan fingerprint density at radius 1 is 1.44 bits per heavy atom. The molecule has 1 saturated heterocycles. The van der Waals surface area contributed by atoms with Crippen molar-refractivity contribution in [1.29, 1.82) is 0 Å². The predicted octanol–water partition coefficient (Wildman–Crippen LogP) is 1.51. The number of nitrogens with zero attached hydrogens (tertiary/aromatic N) is 2. The Kier molecular flexibility index (Phi) is 3.70. The molecular formula is C10H16ClN2O3+. The van der Waals surface area contributed by atoms with Crippen LogP contribution in [0.3, 0.4) is 0 Å². The van der Waals surface area contributed by atoms with Crippen molar-refractivity contribution in [2.45, 2.75) is 26.7 Å². The molecule has 0 bridgehead atoms. The van der Waals surface area contributed by atoms with E-state index in [-0.39, 0.29) is 18.2 Å². The van der Waals surface area contributed by atoms with E-state index in [1.54, 1.807) is 0 Å². The SMILES string of the molecule is CCC(C)C[N+]1(C)C(=O)CC(=O)N(Cl)C1=O. The van der Waals surface area contributed by atoms with Gasteiger partial charge in [0.05, 0.1) is 13.6 Å². The van der Waals surface area contributed by atoms with Crippen LogP contribution < -0.4 is 0 Å². The van der Waals surface area contributed by atoms with Gasteiger partial charge in [0.15, 0.2) is 0 Å². The van der Waals surface area contributed by atoms with Crippen molar-refractivity contribution < 1.29 is 18.9 Å². The van der Waals surface area contributed by atoms with Gasteiger partial charge in [-0.2, -0.15) is 4.48 Å². The van der Waals surface area contributed by atoms with Crippen molar-refractivity contribution in [1.82, 2.24) is 4.42 Å². The molecule has 2 unspecified atom stereocenters. The van der Waals surface area contributed by atoms with Gasteiger partial charge in [0.2, 0.25) is 0 Å². The average Bonchev–Trinajstić information content (AvgIpc) is 2.24. The number of rotatable bonds is 3. The maximum absolute atomic E-state index is 11.8. The summed E-state index contributed by atoms with van der Waals surface area (Å²) in [6.45, 7) is 4.32. The van der Waals surface area contributed by atoms with Gasteiger partial charge < -0.3 is 0 Å². The molecule has 5 nitrogen and oxygen atoms in total. The molecule has 0 radical (unpaired) electrons. The fourth-order valence-electron chi connectivity index (χ4n) is 1.71. The van der Waals surface area contributed by atoms with E-state index in [1.165, 1.54) is 7.05 Å². The molecule has 1 aliphatic heterocycles. The van der Waals surface area contributed by atoms with Crippen LogP contribution in [0.4, 0.5) is 4.79 Å². The topological polar surface area (TPSA) is 54.5 Å². The van der Waals surface area contributed by atoms with Gasteiger partial charge in [0.1, 0.15) is 6.42 Å². The molecule has 0 aromatic rings. The third kappa shape index (κ3) is 2.10. The lowest BCUT2D eigenvalue weighted by Crippen LogP contribution is -2.64. The summed E-state index contributed by atoms with van der Waals surface area (Å²) in [6, 6.07) is -0.650. The minimum atomic E-state index is -0.650. The zero-order valence-electron chi connectivity index (χ0n) is 9.70. The number of amides is 4. The first-order chi connectivity index (χ1) is 7.32. The minimum absolute atomic E-state index is 0.219. The number of imide groups is 2. The van der Waals surface area contributed by atoms with Crippen molar-refractivity contribution >= 4 is 29.6 Å². The van der Waals surface area contributed by atoms with E-state index >= 15 is 0 Å². The number of carbonyl (C=O) groups excluding carboxylic acids is 3. The second kappa shape index (κ2) is 4.51. The highest BCUT2D eigenvalue weighted by atomic mass is 35.5. The number of carbonyl (C=O) groups is 3. The highest BCUT2D eigenvalue weighted by molar-refractivity contribution is 6.32. The lowest BCUT2D eigenvalue weighted by molar-refractivity contribution is -0.760. The first-order valence-corrected chi connectivity index (χ1v) is 5.59. The van der Waals surface area contributed by atoms with Crippen LogP contribution in [0.5, 0.6) is 0 Å². The third-order valence-corrected chi connectivity index (χ3v) is 3.37. The van der Waals surface area contributed by atoms with Gasteiger partial charge in [-0.3, -0.25) is 4.79 Å². The Morgan fingerprint density at radius 3 is 2.50 bits per heavy atom. The standard InChI is InChI=1S/C10H16ClN2O3/c1-4-7(2)6-13(3)9(15)5-8(14)12(11)10(13)16/h7H,4-6H2,1-3H3/q+1. The van der Waals surface area contributed by atoms with E-state index in [2.05, 4.69) is 0 Å². The largest absolute Gasteiger partial charge is 0.448 e. The van der Waals surface area contributed by atoms with Crippen molar-refractivity contribution in [3.8, 4) is 0 Å². The fourth-order valence-corrected chi connectivity index (χ4v) is 1.94. The first-order valence-electron chi connectivity index (χ1n) is 5.25. The van der Waals surface area contributed by atoms with Crippen LogP contribution >= 0.6 is 11.8 Å². The molecule has 0 N–H and O–H groups in total. The monoisotopic (exact) mass is 247 g/mol. The number of halogens is 1. The second-order valence-electron chi connectivity index (χ2n) is 4.42. The zero-order valence-corrected chi connectivity index (χ0v) is 10.5. The highest BCUT2D eigenvalue weighted by Gasteiger charge is 2.51. The molecule has 0 spiro atoms. The molecule has 0 aliphatic carbocycles. The van der Waals surface area contributed by atoms with Gasteiger partial charge >= 0.3 is 11.9 Å². The van der Waals surface area contributed by atoms with E-state index in [0.29, 0.717) is 11.0 Å². The van der Waals surface area contributed by atoms with E-state index in [9.17, 15) is 14.4 Å². The lowest BCUT2D eigenvalue weighted by atomic mass is 10.1. The first kappa shape index (κ1) is 13.1. The summed E-state index contributed by atoms with van der Waals surface area (Å²) >= 11 is 5.56. The third-order valence-electron chi connectivity index (χ3n) is 3.04. The summed E-state index contributed by atoms with van der Waals surface area (Å²) in [6.07, 6.45) is 0.562. The maximum Gasteiger partial charge on any atom is 0.448 e. The Morgan fingerprint density at radius 2 is 2.00 bits per heavy atom. The number of hydrogen-bond donors (Lipinski definition) is 0. The lowest BCUT2D eigenvalue weighted by Gasteiger charge is -2.35. The number of barbiturate groups is 1. The van der Waals surface area contributed by atoms with Gasteiger partial charge in [-0.15, -0.1) is 4.42 Å². The van der Waals surface area contributed by atoms with Crippen LogP contribution in [-0.2, 0) is 9.59 Å². The predicted molar refractivity (Wildman–Crippen MR) is 58.2 cm³/mol. The molecule has 1 rings (SSSR count). The number of quaternary nitrogens is 1. The van der Waals surface area contributed by atoms with E-state index in [1.807, 2.05) is 13.8 Å². The summed E-state index contributed by atoms with van der Waals surface area (Å²) in [5.41, 5.74) is 0. The van der Waals surface area contributed by atoms with Gasteiger partial charge in [0.25, 0.3) is 5.91 Å². The Labute approximate surface area is 99.6 Å². The van der Waals surface area contributed by atoms with Crippen molar-refractivity contribution in [3.63, 3.8) is 0 Å². The van der Waals surface area contributed by atoms with Crippen molar-refractivity contribution in [3.05, 3.63) is 0 Å². The van der Waals surface area contributed by atoms with Gasteiger partial charge in [-0.1, -0.05) is 13.8 Å². The molecule has 1 aliphatic rings. The summed E-state index contributed by atoms with van der Waals surface area (Å²) in [5, 5.41) is 0. The van der Waals surface area contributed by atoms with Gasteiger partial charge in [-0.05, 0) is 6.42 Å². The Hall–Kier alpha value is -0.940. The molecule has 1 fully saturated rings. The Bertz CT molecular complexity index is 345. The normalized spacial score (nSPS) is 28.5. The summed E-state index contributed by atoms with van der Waals surface area (Å²) in [4.78, 5) is 34.8. The molecule has 16 heavy (non-hydrogen) atoms. The zero-order chi connectivity index (χ0) is 12.5. The Balaban J connectivity index is 2.96. The molecule has 0 saturated carbocycles. The van der Waals surface area contributed by atoms with Gasteiger partial charge in [0, 0.05) is 17.7 Å². The highest BCUT2D eigenvalue weighted by Crippen LogP contribution is 2.23. The van der Waals surface area contributed by atoms with Crippen LogP contribution in [0.25, 0.3) is 0 Å². The molecule has 0 aromatic carbocycles. The van der Waals surface area contributed by atoms with Crippen molar-refractivity contribution in [2.24, 2.45) is 5.92 Å². The van der Waals surface area contributed by atoms with Gasteiger partial charge in [-0.25, -0.2) is 9.59 Å². The molecular weight excluding hydrogens is 232 g/mol. The molecule has 0 aromatic heterocycles. The molecule has 90 valence electrons. The van der Waals surface area contributed by atoms with Crippen LogP contribution in [0, 0.1) is 5.92 Å². The maximum atomic E-state index is 11.8. The average molecular weight is 248 g/mol. The smallest absolute Gasteiger partial charge is 0.272 e. The van der Waals surface area contributed by atoms with Crippen LogP contribution in [0.1, 0.15) is 26.7 Å². The summed E-state index contributed by atoms with van der Waals surface area (Å²) in [5.74, 6) is -0.806. The van der Waals surface area contributed by atoms with Crippen LogP contribution in [0.15, 0.2) is 0 Å². The van der Waals surface area contributed by atoms with E-state index < -0.39 is 16.4 Å². The fraction of sp³-hybridized carbons (Fsp3) is 0.700. The van der Waals surface area contributed by atoms with Crippen LogP contribution in [0.2, 0.25) is 0 Å². The van der Waals surface area contributed by atoms with Crippen LogP contribution in [-0.4, -0.2) is 40.3 Å². The quantitative estimate of drug-likeness (QED) is 0.432. The summed E-state index contributed by atoms with van der Waals surface area (Å²) in [7, 11) is 1.51. The molecule has 4 amide bonds. The van der Waals surface area contributed by atoms with Crippen molar-refractivity contribution in [2.75, 3.05) is 13.6 Å². The minimum Gasteiger partial charge on any atom is -0.272 e. The molecule has 2 atom stereocenters. The summed E-state index contributed by atoms with van der Waals surface area (Å²) < 4.78 is 0.119. The number of urea groups is 1. The van der Waals surface area contributed by atoms with E-state index in [4.69, 9.17) is 11.8 Å².